The standard InChI is InChI=1S/C14H14FN3O3S/c1-9-4-5-10(15)7-13(9)22(20,21)17-14(19)11-8-16-18-6-2-3-12(11)18/h4-5,7-8H,2-3,6H2,1H3,(H,17,19). The van der Waals surface area contributed by atoms with E-state index in [0.717, 1.165) is 24.7 Å². The molecule has 2 aromatic rings. The van der Waals surface area contributed by atoms with Gasteiger partial charge in [0.25, 0.3) is 15.9 Å². The second kappa shape index (κ2) is 5.20. The maximum atomic E-state index is 13.3. The first-order valence-corrected chi connectivity index (χ1v) is 8.25. The van der Waals surface area contributed by atoms with Crippen LogP contribution in [0.4, 0.5) is 4.39 Å². The highest BCUT2D eigenvalue weighted by molar-refractivity contribution is 7.90. The number of halogens is 1. The van der Waals surface area contributed by atoms with Crippen molar-refractivity contribution in [1.82, 2.24) is 14.5 Å². The summed E-state index contributed by atoms with van der Waals surface area (Å²) >= 11 is 0. The molecule has 116 valence electrons. The fraction of sp³-hybridized carbons (Fsp3) is 0.286. The highest BCUT2D eigenvalue weighted by Crippen LogP contribution is 2.20. The Bertz CT molecular complexity index is 858. The fourth-order valence-electron chi connectivity index (χ4n) is 2.55. The van der Waals surface area contributed by atoms with Crippen LogP contribution in [0.2, 0.25) is 0 Å². The number of rotatable bonds is 3. The Morgan fingerprint density at radius 3 is 2.95 bits per heavy atom. The highest BCUT2D eigenvalue weighted by Gasteiger charge is 2.26. The van der Waals surface area contributed by atoms with Gasteiger partial charge in [-0.1, -0.05) is 6.07 Å². The van der Waals surface area contributed by atoms with E-state index >= 15 is 0 Å². The fourth-order valence-corrected chi connectivity index (χ4v) is 3.77. The largest absolute Gasteiger partial charge is 0.269 e. The van der Waals surface area contributed by atoms with Crippen molar-refractivity contribution >= 4 is 15.9 Å². The predicted molar refractivity (Wildman–Crippen MR) is 76.3 cm³/mol. The Kier molecular flexibility index (Phi) is 3.48. The molecule has 0 bridgehead atoms. The minimum atomic E-state index is -4.13. The third-order valence-electron chi connectivity index (χ3n) is 3.64. The first kappa shape index (κ1) is 14.7. The van der Waals surface area contributed by atoms with Gasteiger partial charge in [-0.05, 0) is 37.5 Å². The van der Waals surface area contributed by atoms with Gasteiger partial charge in [0.1, 0.15) is 5.82 Å². The second-order valence-electron chi connectivity index (χ2n) is 5.18. The molecule has 1 aliphatic heterocycles. The van der Waals surface area contributed by atoms with Crippen LogP contribution >= 0.6 is 0 Å². The zero-order chi connectivity index (χ0) is 15.9. The van der Waals surface area contributed by atoms with Gasteiger partial charge < -0.3 is 0 Å². The summed E-state index contributed by atoms with van der Waals surface area (Å²) in [6.07, 6.45) is 2.92. The molecule has 0 spiro atoms. The summed E-state index contributed by atoms with van der Waals surface area (Å²) in [5, 5.41) is 4.05. The van der Waals surface area contributed by atoms with Crippen LogP contribution < -0.4 is 4.72 Å². The number of hydrogen-bond acceptors (Lipinski definition) is 4. The van der Waals surface area contributed by atoms with E-state index in [0.29, 0.717) is 12.0 Å². The Morgan fingerprint density at radius 2 is 2.18 bits per heavy atom. The molecule has 0 saturated heterocycles. The number of fused-ring (bicyclic) bond motifs is 1. The normalized spacial score (nSPS) is 13.9. The Hall–Kier alpha value is -2.22. The monoisotopic (exact) mass is 323 g/mol. The van der Waals surface area contributed by atoms with Gasteiger partial charge in [-0.25, -0.2) is 17.5 Å². The van der Waals surface area contributed by atoms with Crippen molar-refractivity contribution in [1.29, 1.82) is 0 Å². The van der Waals surface area contributed by atoms with Crippen LogP contribution in [-0.2, 0) is 23.0 Å². The minimum absolute atomic E-state index is 0.245. The van der Waals surface area contributed by atoms with E-state index in [9.17, 15) is 17.6 Å². The molecule has 1 aromatic heterocycles. The number of amides is 1. The molecule has 0 radical (unpaired) electrons. The molecule has 0 saturated carbocycles. The molecular weight excluding hydrogens is 309 g/mol. The van der Waals surface area contributed by atoms with Crippen LogP contribution in [0.3, 0.4) is 0 Å². The summed E-state index contributed by atoms with van der Waals surface area (Å²) in [4.78, 5) is 12.0. The van der Waals surface area contributed by atoms with Gasteiger partial charge >= 0.3 is 0 Å². The average Bonchev–Trinajstić information content (AvgIpc) is 3.03. The molecule has 1 amide bonds. The number of aryl methyl sites for hydroxylation is 2. The van der Waals surface area contributed by atoms with E-state index in [1.807, 2.05) is 4.72 Å². The van der Waals surface area contributed by atoms with Crippen LogP contribution in [-0.4, -0.2) is 24.1 Å². The molecule has 1 aromatic carbocycles. The Balaban J connectivity index is 1.91. The third-order valence-corrected chi connectivity index (χ3v) is 5.12. The number of sulfonamides is 1. The van der Waals surface area contributed by atoms with Gasteiger partial charge in [-0.15, -0.1) is 0 Å². The summed E-state index contributed by atoms with van der Waals surface area (Å²) in [6, 6.07) is 3.42. The molecule has 8 heteroatoms. The molecule has 2 heterocycles. The molecule has 0 atom stereocenters. The van der Waals surface area contributed by atoms with E-state index < -0.39 is 21.7 Å². The lowest BCUT2D eigenvalue weighted by molar-refractivity contribution is 0.0980. The topological polar surface area (TPSA) is 81.1 Å². The van der Waals surface area contributed by atoms with Crippen LogP contribution in [0.5, 0.6) is 0 Å². The lowest BCUT2D eigenvalue weighted by Gasteiger charge is -2.09. The first-order valence-electron chi connectivity index (χ1n) is 6.76. The van der Waals surface area contributed by atoms with Crippen molar-refractivity contribution in [3.05, 3.63) is 47.0 Å². The van der Waals surface area contributed by atoms with Gasteiger partial charge in [0.05, 0.1) is 22.3 Å². The van der Waals surface area contributed by atoms with Crippen molar-refractivity contribution in [2.75, 3.05) is 0 Å². The van der Waals surface area contributed by atoms with Crippen molar-refractivity contribution in [2.24, 2.45) is 0 Å². The van der Waals surface area contributed by atoms with E-state index in [2.05, 4.69) is 5.10 Å². The third kappa shape index (κ3) is 2.50. The SMILES string of the molecule is Cc1ccc(F)cc1S(=O)(=O)NC(=O)c1cnn2c1CCC2. The number of aromatic nitrogens is 2. The van der Waals surface area contributed by atoms with Gasteiger partial charge in [-0.3, -0.25) is 9.48 Å². The molecule has 0 aliphatic carbocycles. The van der Waals surface area contributed by atoms with E-state index in [1.165, 1.54) is 25.3 Å². The predicted octanol–water partition coefficient (Wildman–Crippen LogP) is 1.40. The number of carbonyl (C=O) groups is 1. The molecule has 6 nitrogen and oxygen atoms in total. The quantitative estimate of drug-likeness (QED) is 0.925. The van der Waals surface area contributed by atoms with Crippen molar-refractivity contribution in [3.8, 4) is 0 Å². The zero-order valence-electron chi connectivity index (χ0n) is 11.8. The summed E-state index contributed by atoms with van der Waals surface area (Å²) in [5.74, 6) is -1.42. The highest BCUT2D eigenvalue weighted by atomic mass is 32.2. The lowest BCUT2D eigenvalue weighted by atomic mass is 10.2. The number of benzene rings is 1. The molecular formula is C14H14FN3O3S. The summed E-state index contributed by atoms with van der Waals surface area (Å²) in [5.41, 5.74) is 1.33. The minimum Gasteiger partial charge on any atom is -0.269 e. The Labute approximate surface area is 127 Å². The first-order chi connectivity index (χ1) is 10.4. The van der Waals surface area contributed by atoms with Crippen LogP contribution in [0.15, 0.2) is 29.3 Å². The zero-order valence-corrected chi connectivity index (χ0v) is 12.7. The number of nitrogens with one attached hydrogen (secondary N) is 1. The smallest absolute Gasteiger partial charge is 0.268 e. The number of hydrogen-bond donors (Lipinski definition) is 1. The van der Waals surface area contributed by atoms with Crippen molar-refractivity contribution in [2.45, 2.75) is 31.2 Å². The maximum Gasteiger partial charge on any atom is 0.268 e. The molecule has 22 heavy (non-hydrogen) atoms. The van der Waals surface area contributed by atoms with E-state index in [1.54, 1.807) is 4.68 Å². The molecule has 0 fully saturated rings. The van der Waals surface area contributed by atoms with Gasteiger partial charge in [-0.2, -0.15) is 5.10 Å². The lowest BCUT2D eigenvalue weighted by Crippen LogP contribution is -2.31. The van der Waals surface area contributed by atoms with Gasteiger partial charge in [0, 0.05) is 6.54 Å². The van der Waals surface area contributed by atoms with E-state index in [4.69, 9.17) is 0 Å². The van der Waals surface area contributed by atoms with Gasteiger partial charge in [0.2, 0.25) is 0 Å². The van der Waals surface area contributed by atoms with Crippen molar-refractivity contribution in [3.63, 3.8) is 0 Å². The van der Waals surface area contributed by atoms with Crippen LogP contribution in [0.1, 0.15) is 28.0 Å². The molecule has 3 rings (SSSR count). The van der Waals surface area contributed by atoms with Gasteiger partial charge in [0.15, 0.2) is 0 Å². The molecule has 1 aliphatic rings. The summed E-state index contributed by atoms with van der Waals surface area (Å²) < 4.78 is 41.5. The summed E-state index contributed by atoms with van der Waals surface area (Å²) in [6.45, 7) is 2.26. The maximum absolute atomic E-state index is 13.3. The number of carbonyl (C=O) groups excluding carboxylic acids is 1. The molecule has 1 N–H and O–H groups in total. The van der Waals surface area contributed by atoms with Crippen molar-refractivity contribution < 1.29 is 17.6 Å². The average molecular weight is 323 g/mol. The Morgan fingerprint density at radius 1 is 1.41 bits per heavy atom. The second-order valence-corrected chi connectivity index (χ2v) is 6.83. The van der Waals surface area contributed by atoms with Crippen LogP contribution in [0, 0.1) is 12.7 Å². The summed E-state index contributed by atoms with van der Waals surface area (Å²) in [7, 11) is -4.13. The number of nitrogens with zero attached hydrogens (tertiary/aromatic N) is 2. The van der Waals surface area contributed by atoms with Crippen LogP contribution in [0.25, 0.3) is 0 Å². The van der Waals surface area contributed by atoms with E-state index in [-0.39, 0.29) is 10.5 Å². The molecule has 0 unspecified atom stereocenters.